The summed E-state index contributed by atoms with van der Waals surface area (Å²) in [4.78, 5) is 0.888. The molecule has 1 N–H and O–H groups in total. The third-order valence-corrected chi connectivity index (χ3v) is 3.24. The van der Waals surface area contributed by atoms with Gasteiger partial charge < -0.3 is 5.11 Å². The largest absolute Gasteiger partial charge is 0.392 e. The summed E-state index contributed by atoms with van der Waals surface area (Å²) in [7, 11) is 0. The van der Waals surface area contributed by atoms with Crippen molar-refractivity contribution >= 4 is 27.7 Å². The molecule has 12 heavy (non-hydrogen) atoms. The fourth-order valence-corrected chi connectivity index (χ4v) is 2.56. The Labute approximate surface area is 83.1 Å². The lowest BCUT2D eigenvalue weighted by atomic mass is 10.2. The van der Waals surface area contributed by atoms with Crippen molar-refractivity contribution in [2.45, 2.75) is 11.5 Å². The van der Waals surface area contributed by atoms with E-state index >= 15 is 0 Å². The lowest BCUT2D eigenvalue weighted by Crippen LogP contribution is -1.90. The van der Waals surface area contributed by atoms with Crippen LogP contribution in [0.25, 0.3) is 0 Å². The second kappa shape index (κ2) is 4.25. The molecule has 0 amide bonds. The maximum absolute atomic E-state index is 12.8. The second-order valence-electron chi connectivity index (χ2n) is 2.24. The molecule has 0 spiro atoms. The van der Waals surface area contributed by atoms with Gasteiger partial charge in [-0.2, -0.15) is 0 Å². The van der Waals surface area contributed by atoms with Crippen LogP contribution in [0.4, 0.5) is 4.39 Å². The highest BCUT2D eigenvalue weighted by Gasteiger charge is 2.07. The van der Waals surface area contributed by atoms with Crippen LogP contribution < -0.4 is 0 Å². The summed E-state index contributed by atoms with van der Waals surface area (Å²) in [6.45, 7) is -0.132. The number of thioether (sulfide) groups is 1. The number of aliphatic hydroxyl groups is 1. The lowest BCUT2D eigenvalue weighted by molar-refractivity contribution is 0.278. The summed E-state index contributed by atoms with van der Waals surface area (Å²) in [6, 6.07) is 2.74. The van der Waals surface area contributed by atoms with Crippen LogP contribution in [-0.2, 0) is 6.61 Å². The molecule has 0 heterocycles. The number of rotatable bonds is 2. The van der Waals surface area contributed by atoms with E-state index in [0.717, 1.165) is 4.90 Å². The zero-order chi connectivity index (χ0) is 9.14. The molecule has 0 aliphatic carbocycles. The van der Waals surface area contributed by atoms with Gasteiger partial charge >= 0.3 is 0 Å². The summed E-state index contributed by atoms with van der Waals surface area (Å²) < 4.78 is 13.5. The van der Waals surface area contributed by atoms with Crippen LogP contribution in [-0.4, -0.2) is 11.4 Å². The highest BCUT2D eigenvalue weighted by Crippen LogP contribution is 2.30. The van der Waals surface area contributed by atoms with Gasteiger partial charge in [-0.15, -0.1) is 11.8 Å². The Morgan fingerprint density at radius 2 is 2.25 bits per heavy atom. The van der Waals surface area contributed by atoms with Crippen molar-refractivity contribution in [1.82, 2.24) is 0 Å². The number of benzene rings is 1. The first-order valence-corrected chi connectivity index (χ1v) is 5.33. The fraction of sp³-hybridized carbons (Fsp3) is 0.250. The third kappa shape index (κ3) is 2.00. The molecule has 0 radical (unpaired) electrons. The van der Waals surface area contributed by atoms with Crippen LogP contribution in [0, 0.1) is 5.82 Å². The Morgan fingerprint density at radius 1 is 1.58 bits per heavy atom. The first-order chi connectivity index (χ1) is 5.69. The van der Waals surface area contributed by atoms with Gasteiger partial charge in [0.1, 0.15) is 5.82 Å². The van der Waals surface area contributed by atoms with E-state index in [4.69, 9.17) is 5.11 Å². The molecule has 66 valence electrons. The summed E-state index contributed by atoms with van der Waals surface area (Å²) >= 11 is 4.71. The van der Waals surface area contributed by atoms with Gasteiger partial charge in [-0.25, -0.2) is 4.39 Å². The fourth-order valence-electron chi connectivity index (χ4n) is 0.960. The van der Waals surface area contributed by atoms with Crippen LogP contribution in [0.15, 0.2) is 21.5 Å². The van der Waals surface area contributed by atoms with E-state index < -0.39 is 0 Å². The van der Waals surface area contributed by atoms with Crippen molar-refractivity contribution in [3.63, 3.8) is 0 Å². The van der Waals surface area contributed by atoms with E-state index in [1.807, 2.05) is 6.26 Å². The molecule has 1 aromatic carbocycles. The van der Waals surface area contributed by atoms with Crippen molar-refractivity contribution in [3.8, 4) is 0 Å². The van der Waals surface area contributed by atoms with Gasteiger partial charge in [-0.05, 0) is 39.9 Å². The maximum Gasteiger partial charge on any atom is 0.124 e. The zero-order valence-electron chi connectivity index (χ0n) is 6.47. The molecule has 0 unspecified atom stereocenters. The number of aliphatic hydroxyl groups excluding tert-OH is 1. The monoisotopic (exact) mass is 250 g/mol. The van der Waals surface area contributed by atoms with Gasteiger partial charge in [-0.1, -0.05) is 0 Å². The molecule has 0 atom stereocenters. The second-order valence-corrected chi connectivity index (χ2v) is 3.91. The van der Waals surface area contributed by atoms with Crippen molar-refractivity contribution in [2.24, 2.45) is 0 Å². The maximum atomic E-state index is 12.8. The molecule has 0 saturated heterocycles. The first-order valence-electron chi connectivity index (χ1n) is 3.31. The van der Waals surface area contributed by atoms with E-state index in [1.165, 1.54) is 23.9 Å². The van der Waals surface area contributed by atoms with Crippen LogP contribution in [0.3, 0.4) is 0 Å². The van der Waals surface area contributed by atoms with E-state index in [0.29, 0.717) is 10.0 Å². The minimum atomic E-state index is -0.330. The number of hydrogen-bond donors (Lipinski definition) is 1. The van der Waals surface area contributed by atoms with E-state index in [2.05, 4.69) is 15.9 Å². The molecule has 0 aliphatic rings. The normalized spacial score (nSPS) is 10.3. The highest BCUT2D eigenvalue weighted by molar-refractivity contribution is 9.10. The van der Waals surface area contributed by atoms with Gasteiger partial charge in [0.05, 0.1) is 6.61 Å². The summed E-state index contributed by atoms with van der Waals surface area (Å²) in [5.74, 6) is -0.330. The molecule has 0 saturated carbocycles. The summed E-state index contributed by atoms with van der Waals surface area (Å²) in [5, 5.41) is 8.90. The molecule has 1 nitrogen and oxygen atoms in total. The van der Waals surface area contributed by atoms with E-state index in [9.17, 15) is 4.39 Å². The highest BCUT2D eigenvalue weighted by atomic mass is 79.9. The Hall–Kier alpha value is -0.0600. The average Bonchev–Trinajstić information content (AvgIpc) is 2.03. The molecule has 1 rings (SSSR count). The molecule has 0 aromatic heterocycles. The minimum Gasteiger partial charge on any atom is -0.392 e. The van der Waals surface area contributed by atoms with E-state index in [1.54, 1.807) is 0 Å². The lowest BCUT2D eigenvalue weighted by Gasteiger charge is -2.06. The van der Waals surface area contributed by atoms with E-state index in [-0.39, 0.29) is 12.4 Å². The molecular weight excluding hydrogens is 243 g/mol. The molecule has 0 aliphatic heterocycles. The quantitative estimate of drug-likeness (QED) is 0.815. The zero-order valence-corrected chi connectivity index (χ0v) is 8.88. The van der Waals surface area contributed by atoms with Gasteiger partial charge in [0.2, 0.25) is 0 Å². The van der Waals surface area contributed by atoms with Crippen molar-refractivity contribution < 1.29 is 9.50 Å². The van der Waals surface area contributed by atoms with Crippen LogP contribution >= 0.6 is 27.7 Å². The van der Waals surface area contributed by atoms with Crippen molar-refractivity contribution in [1.29, 1.82) is 0 Å². The van der Waals surface area contributed by atoms with Crippen LogP contribution in [0.2, 0.25) is 0 Å². The summed E-state index contributed by atoms with van der Waals surface area (Å²) in [6.07, 6.45) is 1.89. The van der Waals surface area contributed by atoms with Crippen LogP contribution in [0.1, 0.15) is 5.56 Å². The standard InChI is InChI=1S/C8H8BrFOS/c1-12-8-5(4-11)2-6(10)3-7(8)9/h2-3,11H,4H2,1H3. The topological polar surface area (TPSA) is 20.2 Å². The van der Waals surface area contributed by atoms with Gasteiger partial charge in [0.25, 0.3) is 0 Å². The molecule has 1 aromatic rings. The first kappa shape index (κ1) is 10.0. The SMILES string of the molecule is CSc1c(Br)cc(F)cc1CO. The molecule has 4 heteroatoms. The summed E-state index contributed by atoms with van der Waals surface area (Å²) in [5.41, 5.74) is 0.620. The average molecular weight is 251 g/mol. The Kier molecular flexibility index (Phi) is 3.55. The minimum absolute atomic E-state index is 0.132. The van der Waals surface area contributed by atoms with Gasteiger partial charge in [0, 0.05) is 9.37 Å². The van der Waals surface area contributed by atoms with Crippen molar-refractivity contribution in [3.05, 3.63) is 28.0 Å². The number of halogens is 2. The van der Waals surface area contributed by atoms with Gasteiger partial charge in [-0.3, -0.25) is 0 Å². The predicted octanol–water partition coefficient (Wildman–Crippen LogP) is 2.80. The van der Waals surface area contributed by atoms with Crippen molar-refractivity contribution in [2.75, 3.05) is 6.26 Å². The Morgan fingerprint density at radius 3 is 2.75 bits per heavy atom. The van der Waals surface area contributed by atoms with Crippen LogP contribution in [0.5, 0.6) is 0 Å². The predicted molar refractivity (Wildman–Crippen MR) is 51.8 cm³/mol. The number of hydrogen-bond acceptors (Lipinski definition) is 2. The van der Waals surface area contributed by atoms with Gasteiger partial charge in [0.15, 0.2) is 0 Å². The molecule has 0 bridgehead atoms. The Bertz CT molecular complexity index is 291. The molecular formula is C8H8BrFOS. The Balaban J connectivity index is 3.24. The third-order valence-electron chi connectivity index (χ3n) is 1.46. The molecule has 0 fully saturated rings. The smallest absolute Gasteiger partial charge is 0.124 e.